The molecular formula is C14H11F2N3OS. The summed E-state index contributed by atoms with van der Waals surface area (Å²) in [4.78, 5) is 11.8. The van der Waals surface area contributed by atoms with Crippen LogP contribution in [0.1, 0.15) is 5.56 Å². The van der Waals surface area contributed by atoms with Crippen molar-refractivity contribution >= 4 is 34.6 Å². The van der Waals surface area contributed by atoms with Crippen LogP contribution in [-0.2, 0) is 0 Å². The number of halogens is 2. The Morgan fingerprint density at radius 2 is 1.71 bits per heavy atom. The maximum atomic E-state index is 13.8. The van der Waals surface area contributed by atoms with E-state index < -0.39 is 17.7 Å². The Labute approximate surface area is 125 Å². The predicted molar refractivity (Wildman–Crippen MR) is 81.3 cm³/mol. The van der Waals surface area contributed by atoms with Crippen molar-refractivity contribution in [1.29, 1.82) is 0 Å². The monoisotopic (exact) mass is 307 g/mol. The minimum absolute atomic E-state index is 0.0189. The van der Waals surface area contributed by atoms with Crippen LogP contribution >= 0.6 is 12.2 Å². The number of rotatable bonds is 3. The van der Waals surface area contributed by atoms with E-state index in [0.717, 1.165) is 6.07 Å². The molecule has 0 saturated carbocycles. The van der Waals surface area contributed by atoms with Crippen LogP contribution in [0.4, 0.5) is 25.0 Å². The largest absolute Gasteiger partial charge is 0.389 e. The lowest BCUT2D eigenvalue weighted by Gasteiger charge is -2.09. The van der Waals surface area contributed by atoms with E-state index in [1.54, 1.807) is 0 Å². The third-order valence-electron chi connectivity index (χ3n) is 2.60. The molecule has 2 rings (SSSR count). The van der Waals surface area contributed by atoms with E-state index in [9.17, 15) is 13.6 Å². The highest BCUT2D eigenvalue weighted by atomic mass is 32.1. The summed E-state index contributed by atoms with van der Waals surface area (Å²) < 4.78 is 26.5. The van der Waals surface area contributed by atoms with Crippen LogP contribution in [0.15, 0.2) is 42.5 Å². The SMILES string of the molecule is NC(=S)c1ccc(NC(=O)Nc2ccc(F)cc2)c(F)c1. The minimum Gasteiger partial charge on any atom is -0.389 e. The first kappa shape index (κ1) is 14.9. The van der Waals surface area contributed by atoms with Gasteiger partial charge in [0.2, 0.25) is 0 Å². The number of anilines is 2. The highest BCUT2D eigenvalue weighted by Gasteiger charge is 2.09. The lowest BCUT2D eigenvalue weighted by atomic mass is 10.2. The molecule has 0 atom stereocenters. The minimum atomic E-state index is -0.658. The molecule has 4 N–H and O–H groups in total. The van der Waals surface area contributed by atoms with Gasteiger partial charge in [-0.1, -0.05) is 12.2 Å². The third-order valence-corrected chi connectivity index (χ3v) is 2.84. The summed E-state index contributed by atoms with van der Waals surface area (Å²) in [5.74, 6) is -1.07. The van der Waals surface area contributed by atoms with Crippen LogP contribution in [0.5, 0.6) is 0 Å². The number of benzene rings is 2. The van der Waals surface area contributed by atoms with Crippen molar-refractivity contribution in [3.8, 4) is 0 Å². The molecule has 0 aliphatic heterocycles. The zero-order valence-corrected chi connectivity index (χ0v) is 11.5. The van der Waals surface area contributed by atoms with Gasteiger partial charge in [-0.05, 0) is 42.5 Å². The molecule has 4 nitrogen and oxygen atoms in total. The van der Waals surface area contributed by atoms with Gasteiger partial charge in [0.25, 0.3) is 0 Å². The standard InChI is InChI=1S/C14H11F2N3OS/c15-9-2-4-10(5-3-9)18-14(20)19-12-6-1-8(13(17)21)7-11(12)16/h1-7H,(H2,17,21)(H2,18,19,20). The van der Waals surface area contributed by atoms with Crippen LogP contribution in [-0.4, -0.2) is 11.0 Å². The van der Waals surface area contributed by atoms with Crippen molar-refractivity contribution in [2.45, 2.75) is 0 Å². The molecule has 0 spiro atoms. The number of nitrogens with two attached hydrogens (primary N) is 1. The summed E-state index contributed by atoms with van der Waals surface area (Å²) in [6, 6.07) is 8.52. The van der Waals surface area contributed by atoms with Crippen LogP contribution < -0.4 is 16.4 Å². The van der Waals surface area contributed by atoms with Crippen molar-refractivity contribution < 1.29 is 13.6 Å². The maximum Gasteiger partial charge on any atom is 0.323 e. The van der Waals surface area contributed by atoms with Crippen LogP contribution in [0.3, 0.4) is 0 Å². The summed E-state index contributed by atoms with van der Waals surface area (Å²) in [6.45, 7) is 0. The second kappa shape index (κ2) is 6.27. The number of carbonyl (C=O) groups is 1. The highest BCUT2D eigenvalue weighted by Crippen LogP contribution is 2.16. The van der Waals surface area contributed by atoms with E-state index in [0.29, 0.717) is 11.3 Å². The second-order valence-electron chi connectivity index (χ2n) is 4.14. The zero-order valence-electron chi connectivity index (χ0n) is 10.7. The summed E-state index contributed by atoms with van der Waals surface area (Å²) in [7, 11) is 0. The Morgan fingerprint density at radius 1 is 1.05 bits per heavy atom. The number of thiocarbonyl (C=S) groups is 1. The van der Waals surface area contributed by atoms with Crippen molar-refractivity contribution in [3.63, 3.8) is 0 Å². The van der Waals surface area contributed by atoms with E-state index in [1.807, 2.05) is 0 Å². The lowest BCUT2D eigenvalue weighted by molar-refractivity contribution is 0.262. The first-order valence-electron chi connectivity index (χ1n) is 5.88. The van der Waals surface area contributed by atoms with Crippen LogP contribution in [0.25, 0.3) is 0 Å². The smallest absolute Gasteiger partial charge is 0.323 e. The van der Waals surface area contributed by atoms with E-state index in [1.165, 1.54) is 36.4 Å². The van der Waals surface area contributed by atoms with Gasteiger partial charge in [0.05, 0.1) is 5.69 Å². The second-order valence-corrected chi connectivity index (χ2v) is 4.58. The molecule has 0 aliphatic carbocycles. The third kappa shape index (κ3) is 3.96. The van der Waals surface area contributed by atoms with Crippen molar-refractivity contribution in [3.05, 3.63) is 59.7 Å². The molecule has 0 heterocycles. The first-order valence-corrected chi connectivity index (χ1v) is 6.29. The number of amides is 2. The topological polar surface area (TPSA) is 67.1 Å². The molecular weight excluding hydrogens is 296 g/mol. The zero-order chi connectivity index (χ0) is 15.4. The molecule has 0 aliphatic rings. The highest BCUT2D eigenvalue weighted by molar-refractivity contribution is 7.80. The van der Waals surface area contributed by atoms with Crippen molar-refractivity contribution in [1.82, 2.24) is 0 Å². The van der Waals surface area contributed by atoms with Crippen LogP contribution in [0.2, 0.25) is 0 Å². The van der Waals surface area contributed by atoms with Gasteiger partial charge in [-0.3, -0.25) is 0 Å². The molecule has 0 bridgehead atoms. The van der Waals surface area contributed by atoms with E-state index in [2.05, 4.69) is 10.6 Å². The molecule has 0 saturated heterocycles. The average Bonchev–Trinajstić information content (AvgIpc) is 2.43. The fraction of sp³-hybridized carbons (Fsp3) is 0. The summed E-state index contributed by atoms with van der Waals surface area (Å²) in [6.07, 6.45) is 0. The predicted octanol–water partition coefficient (Wildman–Crippen LogP) is 3.24. The molecule has 21 heavy (non-hydrogen) atoms. The molecule has 108 valence electrons. The van der Waals surface area contributed by atoms with Gasteiger partial charge < -0.3 is 16.4 Å². The number of nitrogens with one attached hydrogen (secondary N) is 2. The Kier molecular flexibility index (Phi) is 4.44. The average molecular weight is 307 g/mol. The molecule has 7 heteroatoms. The van der Waals surface area contributed by atoms with Crippen molar-refractivity contribution in [2.75, 3.05) is 10.6 Å². The maximum absolute atomic E-state index is 13.8. The Morgan fingerprint density at radius 3 is 2.29 bits per heavy atom. The molecule has 2 amide bonds. The molecule has 0 aromatic heterocycles. The number of urea groups is 1. The van der Waals surface area contributed by atoms with Gasteiger partial charge >= 0.3 is 6.03 Å². The fourth-order valence-electron chi connectivity index (χ4n) is 1.59. The fourth-order valence-corrected chi connectivity index (χ4v) is 1.71. The number of carbonyl (C=O) groups excluding carboxylic acids is 1. The van der Waals surface area contributed by atoms with E-state index >= 15 is 0 Å². The molecule has 0 fully saturated rings. The van der Waals surface area contributed by atoms with Gasteiger partial charge in [-0.2, -0.15) is 0 Å². The molecule has 2 aromatic carbocycles. The normalized spacial score (nSPS) is 10.0. The first-order chi connectivity index (χ1) is 9.95. The lowest BCUT2D eigenvalue weighted by Crippen LogP contribution is -2.20. The van der Waals surface area contributed by atoms with E-state index in [4.69, 9.17) is 18.0 Å². The molecule has 0 unspecified atom stereocenters. The Bertz CT molecular complexity index is 689. The van der Waals surface area contributed by atoms with Gasteiger partial charge in [0, 0.05) is 11.3 Å². The van der Waals surface area contributed by atoms with Gasteiger partial charge in [-0.25, -0.2) is 13.6 Å². The van der Waals surface area contributed by atoms with Gasteiger partial charge in [-0.15, -0.1) is 0 Å². The Hall–Kier alpha value is -2.54. The quantitative estimate of drug-likeness (QED) is 0.763. The molecule has 0 radical (unpaired) electrons. The van der Waals surface area contributed by atoms with E-state index in [-0.39, 0.29) is 10.7 Å². The summed E-state index contributed by atoms with van der Waals surface area (Å²) >= 11 is 4.73. The van der Waals surface area contributed by atoms with Gasteiger partial charge in [0.15, 0.2) is 0 Å². The molecule has 2 aromatic rings. The Balaban J connectivity index is 2.06. The van der Waals surface area contributed by atoms with Crippen LogP contribution in [0, 0.1) is 11.6 Å². The number of hydrogen-bond donors (Lipinski definition) is 3. The van der Waals surface area contributed by atoms with Crippen molar-refractivity contribution in [2.24, 2.45) is 5.73 Å². The summed E-state index contributed by atoms with van der Waals surface area (Å²) in [5, 5.41) is 4.78. The van der Waals surface area contributed by atoms with Gasteiger partial charge in [0.1, 0.15) is 16.6 Å². The number of hydrogen-bond acceptors (Lipinski definition) is 2. The summed E-state index contributed by atoms with van der Waals surface area (Å²) in [5.41, 5.74) is 6.11.